The van der Waals surface area contributed by atoms with Crippen molar-refractivity contribution >= 4 is 40.2 Å². The van der Waals surface area contributed by atoms with Crippen LogP contribution in [0.25, 0.3) is 11.0 Å². The molecule has 2 N–H and O–H groups in total. The fourth-order valence-corrected chi connectivity index (χ4v) is 4.17. The maximum Gasteiger partial charge on any atom is 0.287 e. The highest BCUT2D eigenvalue weighted by molar-refractivity contribution is 7.98. The molecule has 0 aliphatic carbocycles. The minimum Gasteiger partial charge on any atom is -0.451 e. The number of carbonyl (C=O) groups is 2. The molecule has 4 rings (SSSR count). The molecule has 162 valence electrons. The van der Waals surface area contributed by atoms with E-state index >= 15 is 0 Å². The Kier molecular flexibility index (Phi) is 6.89. The Labute approximate surface area is 185 Å². The minimum atomic E-state index is -0.381. The molecule has 1 aliphatic rings. The minimum absolute atomic E-state index is 0.0900. The van der Waals surface area contributed by atoms with Crippen molar-refractivity contribution in [2.75, 3.05) is 37.0 Å². The van der Waals surface area contributed by atoms with Crippen molar-refractivity contribution in [3.05, 3.63) is 60.1 Å². The lowest BCUT2D eigenvalue weighted by Gasteiger charge is -2.26. The number of furan rings is 1. The van der Waals surface area contributed by atoms with E-state index in [1.807, 2.05) is 24.5 Å². The quantitative estimate of drug-likeness (QED) is 0.522. The van der Waals surface area contributed by atoms with Crippen LogP contribution in [0.4, 0.5) is 5.69 Å². The summed E-state index contributed by atoms with van der Waals surface area (Å²) in [5.41, 5.74) is 2.16. The predicted octanol–water partition coefficient (Wildman–Crippen LogP) is 3.70. The van der Waals surface area contributed by atoms with Gasteiger partial charge in [0.2, 0.25) is 5.91 Å². The van der Waals surface area contributed by atoms with E-state index < -0.39 is 0 Å². The molecular formula is C23H26N4O3S. The first-order valence-electron chi connectivity index (χ1n) is 10.4. The average Bonchev–Trinajstić information content (AvgIpc) is 3.45. The number of hydrogen-bond donors (Lipinski definition) is 2. The highest BCUT2D eigenvalue weighted by atomic mass is 32.2. The Bertz CT molecular complexity index is 1050. The van der Waals surface area contributed by atoms with Gasteiger partial charge in [-0.25, -0.2) is 0 Å². The summed E-state index contributed by atoms with van der Waals surface area (Å²) in [6.45, 7) is 2.37. The van der Waals surface area contributed by atoms with Crippen LogP contribution in [0.1, 0.15) is 35.0 Å². The Hall–Kier alpha value is -2.84. The lowest BCUT2D eigenvalue weighted by molar-refractivity contribution is -0.121. The zero-order chi connectivity index (χ0) is 21.6. The number of rotatable bonds is 8. The van der Waals surface area contributed by atoms with E-state index in [9.17, 15) is 9.59 Å². The molecule has 3 heterocycles. The maximum absolute atomic E-state index is 13.2. The summed E-state index contributed by atoms with van der Waals surface area (Å²) < 4.78 is 5.67. The predicted molar refractivity (Wildman–Crippen MR) is 123 cm³/mol. The highest BCUT2D eigenvalue weighted by Crippen LogP contribution is 2.28. The van der Waals surface area contributed by atoms with Crippen LogP contribution in [0.15, 0.2) is 53.2 Å². The SMILES string of the molecule is CSCCNC(=O)c1cc2cc(NC(=O)C(c3cccnc3)N3CCCC3)ccc2o1. The second kappa shape index (κ2) is 9.98. The summed E-state index contributed by atoms with van der Waals surface area (Å²) in [5.74, 6) is 0.788. The van der Waals surface area contributed by atoms with Gasteiger partial charge in [0.05, 0.1) is 0 Å². The molecule has 2 amide bonds. The van der Waals surface area contributed by atoms with Gasteiger partial charge in [-0.1, -0.05) is 6.07 Å². The molecule has 1 aliphatic heterocycles. The van der Waals surface area contributed by atoms with Gasteiger partial charge in [0.15, 0.2) is 5.76 Å². The summed E-state index contributed by atoms with van der Waals surface area (Å²) in [6.07, 6.45) is 7.64. The molecule has 0 radical (unpaired) electrons. The van der Waals surface area contributed by atoms with E-state index in [1.54, 1.807) is 42.4 Å². The Morgan fingerprint density at radius 1 is 1.23 bits per heavy atom. The number of likely N-dealkylation sites (tertiary alicyclic amines) is 1. The van der Waals surface area contributed by atoms with Crippen LogP contribution in [0.2, 0.25) is 0 Å². The number of amides is 2. The van der Waals surface area contributed by atoms with E-state index in [0.29, 0.717) is 17.8 Å². The number of nitrogens with zero attached hydrogens (tertiary/aromatic N) is 2. The molecule has 7 nitrogen and oxygen atoms in total. The van der Waals surface area contributed by atoms with E-state index in [2.05, 4.69) is 20.5 Å². The van der Waals surface area contributed by atoms with Crippen LogP contribution in [0.3, 0.4) is 0 Å². The van der Waals surface area contributed by atoms with Crippen molar-refractivity contribution in [3.8, 4) is 0 Å². The molecule has 1 fully saturated rings. The lowest BCUT2D eigenvalue weighted by atomic mass is 10.1. The molecule has 1 saturated heterocycles. The summed E-state index contributed by atoms with van der Waals surface area (Å²) in [7, 11) is 0. The van der Waals surface area contributed by atoms with Crippen molar-refractivity contribution in [1.29, 1.82) is 0 Å². The molecule has 0 saturated carbocycles. The fourth-order valence-electron chi connectivity index (χ4n) is 3.86. The second-order valence-corrected chi connectivity index (χ2v) is 8.52. The number of hydrogen-bond acceptors (Lipinski definition) is 6. The number of benzene rings is 1. The van der Waals surface area contributed by atoms with E-state index in [0.717, 1.165) is 42.6 Å². The van der Waals surface area contributed by atoms with Gasteiger partial charge in [0.1, 0.15) is 11.6 Å². The zero-order valence-corrected chi connectivity index (χ0v) is 18.3. The van der Waals surface area contributed by atoms with Crippen LogP contribution in [-0.4, -0.2) is 53.3 Å². The van der Waals surface area contributed by atoms with E-state index in [4.69, 9.17) is 4.42 Å². The molecule has 1 unspecified atom stereocenters. The maximum atomic E-state index is 13.2. The van der Waals surface area contributed by atoms with Crippen molar-refractivity contribution in [2.24, 2.45) is 0 Å². The largest absolute Gasteiger partial charge is 0.451 e. The number of nitrogens with one attached hydrogen (secondary N) is 2. The van der Waals surface area contributed by atoms with Crippen LogP contribution < -0.4 is 10.6 Å². The molecular weight excluding hydrogens is 412 g/mol. The van der Waals surface area contributed by atoms with Crippen molar-refractivity contribution in [3.63, 3.8) is 0 Å². The third-order valence-electron chi connectivity index (χ3n) is 5.35. The molecule has 1 atom stereocenters. The number of anilines is 1. The van der Waals surface area contributed by atoms with E-state index in [-0.39, 0.29) is 23.6 Å². The second-order valence-electron chi connectivity index (χ2n) is 7.53. The lowest BCUT2D eigenvalue weighted by Crippen LogP contribution is -2.35. The van der Waals surface area contributed by atoms with E-state index in [1.165, 1.54) is 0 Å². The van der Waals surface area contributed by atoms with Crippen molar-refractivity contribution in [1.82, 2.24) is 15.2 Å². The number of pyridine rings is 1. The Morgan fingerprint density at radius 2 is 2.06 bits per heavy atom. The van der Waals surface area contributed by atoms with Crippen LogP contribution in [0, 0.1) is 0 Å². The van der Waals surface area contributed by atoms with Gasteiger partial charge in [-0.2, -0.15) is 11.8 Å². The zero-order valence-electron chi connectivity index (χ0n) is 17.5. The Morgan fingerprint density at radius 3 is 2.81 bits per heavy atom. The first-order valence-corrected chi connectivity index (χ1v) is 11.8. The van der Waals surface area contributed by atoms with Gasteiger partial charge in [-0.15, -0.1) is 0 Å². The Balaban J connectivity index is 1.51. The first-order chi connectivity index (χ1) is 15.2. The van der Waals surface area contributed by atoms with Gasteiger partial charge in [-0.05, 0) is 68.1 Å². The third-order valence-corrected chi connectivity index (χ3v) is 5.97. The molecule has 31 heavy (non-hydrogen) atoms. The van der Waals surface area contributed by atoms with Gasteiger partial charge in [0, 0.05) is 35.8 Å². The van der Waals surface area contributed by atoms with Gasteiger partial charge < -0.3 is 15.1 Å². The van der Waals surface area contributed by atoms with Crippen LogP contribution >= 0.6 is 11.8 Å². The summed E-state index contributed by atoms with van der Waals surface area (Å²) in [4.78, 5) is 31.9. The number of carbonyl (C=O) groups excluding carboxylic acids is 2. The van der Waals surface area contributed by atoms with Crippen LogP contribution in [-0.2, 0) is 4.79 Å². The summed E-state index contributed by atoms with van der Waals surface area (Å²) >= 11 is 1.67. The molecule has 1 aromatic carbocycles. The summed E-state index contributed by atoms with van der Waals surface area (Å²) in [6, 6.07) is 10.5. The molecule has 0 bridgehead atoms. The first kappa shape index (κ1) is 21.4. The van der Waals surface area contributed by atoms with Gasteiger partial charge in [0.25, 0.3) is 5.91 Å². The summed E-state index contributed by atoms with van der Waals surface area (Å²) in [5, 5.41) is 6.64. The third kappa shape index (κ3) is 5.08. The smallest absolute Gasteiger partial charge is 0.287 e. The fraction of sp³-hybridized carbons (Fsp3) is 0.348. The molecule has 8 heteroatoms. The van der Waals surface area contributed by atoms with Crippen molar-refractivity contribution in [2.45, 2.75) is 18.9 Å². The normalized spacial score (nSPS) is 15.1. The average molecular weight is 439 g/mol. The highest BCUT2D eigenvalue weighted by Gasteiger charge is 2.30. The monoisotopic (exact) mass is 438 g/mol. The van der Waals surface area contributed by atoms with Crippen LogP contribution in [0.5, 0.6) is 0 Å². The number of aromatic nitrogens is 1. The topological polar surface area (TPSA) is 87.5 Å². The van der Waals surface area contributed by atoms with Gasteiger partial charge >= 0.3 is 0 Å². The van der Waals surface area contributed by atoms with Gasteiger partial charge in [-0.3, -0.25) is 19.5 Å². The molecule has 0 spiro atoms. The number of thioether (sulfide) groups is 1. The molecule has 2 aromatic heterocycles. The molecule has 3 aromatic rings. The number of fused-ring (bicyclic) bond motifs is 1. The standard InChI is InChI=1S/C23H26N4O3S/c1-31-12-9-25-22(28)20-14-17-13-18(6-7-19(17)30-20)26-23(29)21(27-10-2-3-11-27)16-5-4-8-24-15-16/h4-8,13-15,21H,2-3,9-12H2,1H3,(H,25,28)(H,26,29). The van der Waals surface area contributed by atoms with Crippen molar-refractivity contribution < 1.29 is 14.0 Å².